The first-order chi connectivity index (χ1) is 13.3. The fraction of sp³-hybridized carbons (Fsp3) is 0.421. The summed E-state index contributed by atoms with van der Waals surface area (Å²) in [6.45, 7) is 2.71. The molecule has 148 valence electrons. The summed E-state index contributed by atoms with van der Waals surface area (Å²) < 4.78 is 40.5. The van der Waals surface area contributed by atoms with Crippen LogP contribution in [0.1, 0.15) is 33.6 Å². The summed E-state index contributed by atoms with van der Waals surface area (Å²) in [5.41, 5.74) is 0.0907. The minimum Gasteiger partial charge on any atom is -0.337 e. The van der Waals surface area contributed by atoms with Crippen molar-refractivity contribution in [2.75, 3.05) is 26.2 Å². The van der Waals surface area contributed by atoms with Crippen LogP contribution in [0.2, 0.25) is 0 Å². The van der Waals surface area contributed by atoms with Crippen molar-refractivity contribution in [2.24, 2.45) is 7.05 Å². The molecule has 0 bridgehead atoms. The summed E-state index contributed by atoms with van der Waals surface area (Å²) in [4.78, 5) is 16.3. The topological polar surface area (TPSA) is 65.2 Å². The third-order valence-electron chi connectivity index (χ3n) is 4.69. The number of amides is 1. The molecule has 1 saturated heterocycles. The Morgan fingerprint density at radius 1 is 1.18 bits per heavy atom. The number of benzene rings is 1. The van der Waals surface area contributed by atoms with Crippen LogP contribution in [0.4, 0.5) is 13.2 Å². The highest BCUT2D eigenvalue weighted by Crippen LogP contribution is 2.31. The van der Waals surface area contributed by atoms with Gasteiger partial charge in [-0.25, -0.2) is 0 Å². The highest BCUT2D eigenvalue weighted by atomic mass is 19.4. The molecule has 0 N–H and O–H groups in total. The van der Waals surface area contributed by atoms with Gasteiger partial charge in [0.05, 0.1) is 17.2 Å². The lowest BCUT2D eigenvalue weighted by atomic mass is 10.1. The molecule has 0 radical (unpaired) electrons. The minimum absolute atomic E-state index is 0.349. The normalized spacial score (nSPS) is 15.9. The van der Waals surface area contributed by atoms with Gasteiger partial charge < -0.3 is 4.90 Å². The molecule has 1 aliphatic heterocycles. The molecule has 0 spiro atoms. The lowest BCUT2D eigenvalue weighted by Gasteiger charge is -2.22. The van der Waals surface area contributed by atoms with Crippen LogP contribution in [0, 0.1) is 11.3 Å². The number of carbonyl (C=O) groups is 1. The standard InChI is InChI=1S/C19H20F3N5O/c1-25-13-16(17(24-25)19(20,21)22)18(28)27-8-2-7-26(9-10-27)12-15-5-3-14(11-23)4-6-15/h3-6,13H,2,7-10,12H2,1H3. The maximum absolute atomic E-state index is 13.2. The first-order valence-corrected chi connectivity index (χ1v) is 8.89. The van der Waals surface area contributed by atoms with Crippen LogP contribution in [0.25, 0.3) is 0 Å². The van der Waals surface area contributed by atoms with Gasteiger partial charge in [0, 0.05) is 46.0 Å². The molecule has 3 rings (SSSR count). The van der Waals surface area contributed by atoms with Crippen LogP contribution in [0.15, 0.2) is 30.5 Å². The van der Waals surface area contributed by atoms with Crippen molar-refractivity contribution in [3.63, 3.8) is 0 Å². The SMILES string of the molecule is Cn1cc(C(=O)N2CCCN(Cc3ccc(C#N)cc3)CC2)c(C(F)(F)F)n1. The minimum atomic E-state index is -4.67. The van der Waals surface area contributed by atoms with Gasteiger partial charge in [0.25, 0.3) is 5.91 Å². The van der Waals surface area contributed by atoms with E-state index < -0.39 is 23.3 Å². The number of halogens is 3. The van der Waals surface area contributed by atoms with Crippen molar-refractivity contribution in [3.05, 3.63) is 52.8 Å². The second kappa shape index (κ2) is 8.02. The highest BCUT2D eigenvalue weighted by Gasteiger charge is 2.40. The number of nitrogens with zero attached hydrogens (tertiary/aromatic N) is 5. The number of aromatic nitrogens is 2. The molecular formula is C19H20F3N5O. The van der Waals surface area contributed by atoms with Crippen LogP contribution in [-0.2, 0) is 19.8 Å². The van der Waals surface area contributed by atoms with Crippen LogP contribution in [-0.4, -0.2) is 51.7 Å². The van der Waals surface area contributed by atoms with Crippen molar-refractivity contribution in [3.8, 4) is 6.07 Å². The van der Waals surface area contributed by atoms with E-state index in [0.29, 0.717) is 38.2 Å². The second-order valence-corrected chi connectivity index (χ2v) is 6.79. The Labute approximate surface area is 160 Å². The third-order valence-corrected chi connectivity index (χ3v) is 4.69. The number of alkyl halides is 3. The zero-order chi connectivity index (χ0) is 20.3. The predicted octanol–water partition coefficient (Wildman–Crippen LogP) is 2.66. The van der Waals surface area contributed by atoms with Gasteiger partial charge in [0.2, 0.25) is 0 Å². The van der Waals surface area contributed by atoms with E-state index in [1.807, 2.05) is 12.1 Å². The van der Waals surface area contributed by atoms with Gasteiger partial charge in [-0.1, -0.05) is 12.1 Å². The van der Waals surface area contributed by atoms with Gasteiger partial charge in [-0.3, -0.25) is 14.4 Å². The average Bonchev–Trinajstić information content (AvgIpc) is 2.91. The van der Waals surface area contributed by atoms with Gasteiger partial charge in [-0.15, -0.1) is 0 Å². The number of hydrogen-bond donors (Lipinski definition) is 0. The van der Waals surface area contributed by atoms with E-state index in [1.165, 1.54) is 11.9 Å². The molecule has 2 aromatic rings. The van der Waals surface area contributed by atoms with Gasteiger partial charge in [-0.05, 0) is 24.1 Å². The number of rotatable bonds is 3. The van der Waals surface area contributed by atoms with E-state index in [4.69, 9.17) is 5.26 Å². The summed E-state index contributed by atoms with van der Waals surface area (Å²) in [5.74, 6) is -0.638. The van der Waals surface area contributed by atoms with Crippen LogP contribution >= 0.6 is 0 Å². The van der Waals surface area contributed by atoms with Crippen LogP contribution in [0.5, 0.6) is 0 Å². The Morgan fingerprint density at radius 2 is 1.89 bits per heavy atom. The Hall–Kier alpha value is -2.86. The van der Waals surface area contributed by atoms with E-state index in [9.17, 15) is 18.0 Å². The van der Waals surface area contributed by atoms with Gasteiger partial charge >= 0.3 is 6.18 Å². The van der Waals surface area contributed by atoms with E-state index >= 15 is 0 Å². The van der Waals surface area contributed by atoms with E-state index in [0.717, 1.165) is 23.0 Å². The fourth-order valence-electron chi connectivity index (χ4n) is 3.30. The maximum atomic E-state index is 13.2. The molecule has 0 atom stereocenters. The third kappa shape index (κ3) is 4.51. The molecule has 0 aliphatic carbocycles. The molecule has 0 unspecified atom stereocenters. The fourth-order valence-corrected chi connectivity index (χ4v) is 3.30. The Morgan fingerprint density at radius 3 is 2.54 bits per heavy atom. The van der Waals surface area contributed by atoms with Crippen LogP contribution < -0.4 is 0 Å². The van der Waals surface area contributed by atoms with E-state index in [2.05, 4.69) is 16.1 Å². The van der Waals surface area contributed by atoms with Crippen molar-refractivity contribution in [2.45, 2.75) is 19.1 Å². The molecule has 2 heterocycles. The summed E-state index contributed by atoms with van der Waals surface area (Å²) in [7, 11) is 1.37. The Kier molecular flexibility index (Phi) is 5.70. The van der Waals surface area contributed by atoms with E-state index in [1.54, 1.807) is 12.1 Å². The monoisotopic (exact) mass is 391 g/mol. The molecule has 1 aromatic heterocycles. The van der Waals surface area contributed by atoms with Gasteiger partial charge in [-0.2, -0.15) is 23.5 Å². The first kappa shape index (κ1) is 19.9. The van der Waals surface area contributed by atoms with Crippen molar-refractivity contribution in [1.29, 1.82) is 5.26 Å². The molecule has 0 saturated carbocycles. The zero-order valence-electron chi connectivity index (χ0n) is 15.4. The predicted molar refractivity (Wildman–Crippen MR) is 95.2 cm³/mol. The highest BCUT2D eigenvalue weighted by molar-refractivity contribution is 5.95. The van der Waals surface area contributed by atoms with Crippen LogP contribution in [0.3, 0.4) is 0 Å². The quantitative estimate of drug-likeness (QED) is 0.807. The second-order valence-electron chi connectivity index (χ2n) is 6.79. The van der Waals surface area contributed by atoms with Crippen molar-refractivity contribution in [1.82, 2.24) is 19.6 Å². The summed E-state index contributed by atoms with van der Waals surface area (Å²) in [5, 5.41) is 12.3. The molecule has 1 amide bonds. The average molecular weight is 391 g/mol. The molecule has 1 fully saturated rings. The lowest BCUT2D eigenvalue weighted by molar-refractivity contribution is -0.141. The van der Waals surface area contributed by atoms with Gasteiger partial charge in [0.15, 0.2) is 5.69 Å². The Balaban J connectivity index is 1.66. The van der Waals surface area contributed by atoms with Gasteiger partial charge in [0.1, 0.15) is 0 Å². The summed E-state index contributed by atoms with van der Waals surface area (Å²) in [6, 6.07) is 9.35. The van der Waals surface area contributed by atoms with Crippen molar-refractivity contribution < 1.29 is 18.0 Å². The van der Waals surface area contributed by atoms with E-state index in [-0.39, 0.29) is 0 Å². The molecule has 28 heavy (non-hydrogen) atoms. The molecule has 1 aromatic carbocycles. The number of carbonyl (C=O) groups excluding carboxylic acids is 1. The Bertz CT molecular complexity index is 882. The molecule has 1 aliphatic rings. The first-order valence-electron chi connectivity index (χ1n) is 8.89. The summed E-state index contributed by atoms with van der Waals surface area (Å²) in [6.07, 6.45) is -2.87. The molecule has 9 heteroatoms. The summed E-state index contributed by atoms with van der Waals surface area (Å²) >= 11 is 0. The zero-order valence-corrected chi connectivity index (χ0v) is 15.4. The largest absolute Gasteiger partial charge is 0.435 e. The number of hydrogen-bond acceptors (Lipinski definition) is 4. The van der Waals surface area contributed by atoms with Crippen molar-refractivity contribution >= 4 is 5.91 Å². The number of aryl methyl sites for hydroxylation is 1. The maximum Gasteiger partial charge on any atom is 0.435 e. The number of nitriles is 1. The molecular weight excluding hydrogens is 371 g/mol. The smallest absolute Gasteiger partial charge is 0.337 e. The molecule has 6 nitrogen and oxygen atoms in total. The lowest BCUT2D eigenvalue weighted by Crippen LogP contribution is -2.35.